The van der Waals surface area contributed by atoms with Crippen molar-refractivity contribution in [3.8, 4) is 0 Å². The lowest BCUT2D eigenvalue weighted by atomic mass is 10.1. The van der Waals surface area contributed by atoms with Crippen molar-refractivity contribution in [3.05, 3.63) is 53.8 Å². The number of hydrogen-bond donors (Lipinski definition) is 2. The number of H-pyrrole nitrogens is 1. The molecule has 1 atom stereocenters. The number of nitrogens with one attached hydrogen (secondary N) is 1. The van der Waals surface area contributed by atoms with Gasteiger partial charge in [0, 0.05) is 10.9 Å². The summed E-state index contributed by atoms with van der Waals surface area (Å²) in [5, 5.41) is 0.778. The van der Waals surface area contributed by atoms with Crippen LogP contribution in [0.4, 0.5) is 4.39 Å². The van der Waals surface area contributed by atoms with E-state index in [2.05, 4.69) is 9.97 Å². The van der Waals surface area contributed by atoms with Crippen LogP contribution in [-0.2, 0) is 0 Å². The molecule has 0 fully saturated rings. The lowest BCUT2D eigenvalue weighted by Crippen LogP contribution is -2.06. The van der Waals surface area contributed by atoms with Crippen LogP contribution in [0.3, 0.4) is 0 Å². The summed E-state index contributed by atoms with van der Waals surface area (Å²) in [6.45, 7) is 1.84. The minimum absolute atomic E-state index is 0.224. The Kier molecular flexibility index (Phi) is 3.46. The van der Waals surface area contributed by atoms with Gasteiger partial charge in [-0.25, -0.2) is 9.37 Å². The minimum Gasteiger partial charge on any atom is -0.333 e. The zero-order chi connectivity index (χ0) is 14.1. The van der Waals surface area contributed by atoms with Gasteiger partial charge in [0.1, 0.15) is 5.82 Å². The fourth-order valence-corrected chi connectivity index (χ4v) is 3.06. The zero-order valence-electron chi connectivity index (χ0n) is 10.9. The van der Waals surface area contributed by atoms with E-state index >= 15 is 0 Å². The fraction of sp³-hybridized carbons (Fsp3) is 0.133. The van der Waals surface area contributed by atoms with E-state index in [4.69, 9.17) is 5.73 Å². The van der Waals surface area contributed by atoms with Crippen LogP contribution in [0.5, 0.6) is 0 Å². The van der Waals surface area contributed by atoms with E-state index in [0.29, 0.717) is 0 Å². The molecule has 0 saturated carbocycles. The zero-order valence-corrected chi connectivity index (χ0v) is 11.7. The van der Waals surface area contributed by atoms with Gasteiger partial charge in [0.2, 0.25) is 0 Å². The number of fused-ring (bicyclic) bond motifs is 1. The molecular formula is C15H14FN3S. The predicted octanol–water partition coefficient (Wildman–Crippen LogP) is 3.87. The Morgan fingerprint density at radius 1 is 1.25 bits per heavy atom. The molecule has 0 bridgehead atoms. The van der Waals surface area contributed by atoms with Gasteiger partial charge in [-0.15, -0.1) is 0 Å². The number of nitrogens with two attached hydrogens (primary N) is 1. The average molecular weight is 287 g/mol. The number of hydrogen-bond acceptors (Lipinski definition) is 3. The second kappa shape index (κ2) is 5.26. The van der Waals surface area contributed by atoms with Crippen molar-refractivity contribution >= 4 is 22.8 Å². The molecule has 3 rings (SSSR count). The summed E-state index contributed by atoms with van der Waals surface area (Å²) in [7, 11) is 0. The van der Waals surface area contributed by atoms with Crippen molar-refractivity contribution in [2.45, 2.75) is 23.0 Å². The Morgan fingerprint density at radius 3 is 2.80 bits per heavy atom. The maximum absolute atomic E-state index is 13.3. The van der Waals surface area contributed by atoms with Crippen molar-refractivity contribution < 1.29 is 4.39 Å². The first kappa shape index (κ1) is 13.1. The highest BCUT2D eigenvalue weighted by molar-refractivity contribution is 7.99. The van der Waals surface area contributed by atoms with E-state index in [1.165, 1.54) is 23.9 Å². The molecule has 3 N–H and O–H groups in total. The SMILES string of the molecule is C[C@H](N)c1cc(F)ccc1Sc1nc2ccccc2[nH]1. The second-order valence-corrected chi connectivity index (χ2v) is 5.66. The highest BCUT2D eigenvalue weighted by Gasteiger charge is 2.12. The molecule has 0 radical (unpaired) electrons. The minimum atomic E-state index is -0.272. The summed E-state index contributed by atoms with van der Waals surface area (Å²) < 4.78 is 13.3. The molecule has 0 aliphatic rings. The molecule has 3 aromatic rings. The van der Waals surface area contributed by atoms with Crippen molar-refractivity contribution in [2.24, 2.45) is 5.73 Å². The standard InChI is InChI=1S/C15H14FN3S/c1-9(17)11-8-10(16)6-7-14(11)20-15-18-12-4-2-3-5-13(12)19-15/h2-9H,17H2,1H3,(H,18,19)/t9-/m0/s1. The van der Waals surface area contributed by atoms with Crippen molar-refractivity contribution in [3.63, 3.8) is 0 Å². The van der Waals surface area contributed by atoms with Gasteiger partial charge in [-0.05, 0) is 42.8 Å². The van der Waals surface area contributed by atoms with Gasteiger partial charge in [0.05, 0.1) is 11.0 Å². The molecule has 0 amide bonds. The molecule has 102 valence electrons. The van der Waals surface area contributed by atoms with Crippen molar-refractivity contribution in [2.75, 3.05) is 0 Å². The molecule has 20 heavy (non-hydrogen) atoms. The van der Waals surface area contributed by atoms with Gasteiger partial charge < -0.3 is 10.7 Å². The van der Waals surface area contributed by atoms with E-state index in [1.807, 2.05) is 31.2 Å². The molecule has 0 aliphatic heterocycles. The molecule has 0 spiro atoms. The molecular weight excluding hydrogens is 273 g/mol. The number of para-hydroxylation sites is 2. The number of aromatic nitrogens is 2. The van der Waals surface area contributed by atoms with Crippen LogP contribution >= 0.6 is 11.8 Å². The number of rotatable bonds is 3. The molecule has 3 nitrogen and oxygen atoms in total. The van der Waals surface area contributed by atoms with Crippen molar-refractivity contribution in [1.29, 1.82) is 0 Å². The van der Waals surface area contributed by atoms with Crippen LogP contribution in [0.2, 0.25) is 0 Å². The molecule has 1 heterocycles. The summed E-state index contributed by atoms with van der Waals surface area (Å²) >= 11 is 1.46. The van der Waals surface area contributed by atoms with Crippen LogP contribution in [0.1, 0.15) is 18.5 Å². The van der Waals surface area contributed by atoms with E-state index < -0.39 is 0 Å². The Labute approximate surface area is 120 Å². The summed E-state index contributed by atoms with van der Waals surface area (Å²) in [5.41, 5.74) is 8.59. The van der Waals surface area contributed by atoms with Gasteiger partial charge >= 0.3 is 0 Å². The number of aromatic amines is 1. The normalized spacial score (nSPS) is 12.8. The fourth-order valence-electron chi connectivity index (χ4n) is 2.05. The Morgan fingerprint density at radius 2 is 2.05 bits per heavy atom. The van der Waals surface area contributed by atoms with Crippen molar-refractivity contribution in [1.82, 2.24) is 9.97 Å². The summed E-state index contributed by atoms with van der Waals surface area (Å²) in [5.74, 6) is -0.272. The molecule has 0 aliphatic carbocycles. The third-order valence-electron chi connectivity index (χ3n) is 3.04. The van der Waals surface area contributed by atoms with E-state index in [9.17, 15) is 4.39 Å². The Hall–Kier alpha value is -1.85. The summed E-state index contributed by atoms with van der Waals surface area (Å²) in [6.07, 6.45) is 0. The lowest BCUT2D eigenvalue weighted by molar-refractivity contribution is 0.619. The maximum Gasteiger partial charge on any atom is 0.171 e. The molecule has 5 heteroatoms. The third kappa shape index (κ3) is 2.55. The average Bonchev–Trinajstić information content (AvgIpc) is 2.82. The largest absolute Gasteiger partial charge is 0.333 e. The quantitative estimate of drug-likeness (QED) is 0.768. The topological polar surface area (TPSA) is 54.7 Å². The van der Waals surface area contributed by atoms with Gasteiger partial charge in [-0.2, -0.15) is 0 Å². The van der Waals surface area contributed by atoms with Gasteiger partial charge in [0.25, 0.3) is 0 Å². The molecule has 1 aromatic heterocycles. The van der Waals surface area contributed by atoms with Gasteiger partial charge in [-0.1, -0.05) is 23.9 Å². The predicted molar refractivity (Wildman–Crippen MR) is 79.2 cm³/mol. The van der Waals surface area contributed by atoms with E-state index in [1.54, 1.807) is 6.07 Å². The smallest absolute Gasteiger partial charge is 0.171 e. The number of nitrogens with zero attached hydrogens (tertiary/aromatic N) is 1. The van der Waals surface area contributed by atoms with E-state index in [-0.39, 0.29) is 11.9 Å². The molecule has 0 unspecified atom stereocenters. The molecule has 2 aromatic carbocycles. The monoisotopic (exact) mass is 287 g/mol. The summed E-state index contributed by atoms with van der Waals surface area (Å²) in [4.78, 5) is 8.66. The Bertz CT molecular complexity index is 719. The van der Waals surface area contributed by atoms with Crippen LogP contribution < -0.4 is 5.73 Å². The first-order valence-corrected chi connectivity index (χ1v) is 7.13. The lowest BCUT2D eigenvalue weighted by Gasteiger charge is -2.11. The third-order valence-corrected chi connectivity index (χ3v) is 4.02. The first-order valence-electron chi connectivity index (χ1n) is 6.31. The van der Waals surface area contributed by atoms with Crippen LogP contribution in [0, 0.1) is 5.82 Å². The number of benzene rings is 2. The second-order valence-electron chi connectivity index (χ2n) is 4.63. The summed E-state index contributed by atoms with van der Waals surface area (Å²) in [6, 6.07) is 12.3. The highest BCUT2D eigenvalue weighted by atomic mass is 32.2. The number of imidazole rings is 1. The Balaban J connectivity index is 1.98. The number of halogens is 1. The van der Waals surface area contributed by atoms with Crippen LogP contribution in [0.25, 0.3) is 11.0 Å². The highest BCUT2D eigenvalue weighted by Crippen LogP contribution is 2.32. The van der Waals surface area contributed by atoms with Crippen LogP contribution in [0.15, 0.2) is 52.5 Å². The van der Waals surface area contributed by atoms with Gasteiger partial charge in [-0.3, -0.25) is 0 Å². The first-order chi connectivity index (χ1) is 9.63. The van der Waals surface area contributed by atoms with Gasteiger partial charge in [0.15, 0.2) is 5.16 Å². The van der Waals surface area contributed by atoms with E-state index in [0.717, 1.165) is 26.6 Å². The maximum atomic E-state index is 13.3. The van der Waals surface area contributed by atoms with Crippen LogP contribution in [-0.4, -0.2) is 9.97 Å². The molecule has 0 saturated heterocycles.